The molecule has 1 amide bonds. The number of amides is 1. The van der Waals surface area contributed by atoms with E-state index in [2.05, 4.69) is 33.2 Å². The van der Waals surface area contributed by atoms with Gasteiger partial charge < -0.3 is 9.47 Å². The lowest BCUT2D eigenvalue weighted by molar-refractivity contribution is -0.118. The maximum atomic E-state index is 12.2. The van der Waals surface area contributed by atoms with E-state index in [1.165, 1.54) is 16.9 Å². The van der Waals surface area contributed by atoms with Crippen LogP contribution in [-0.2, 0) is 11.2 Å². The summed E-state index contributed by atoms with van der Waals surface area (Å²) >= 11 is 4.89. The highest BCUT2D eigenvalue weighted by Crippen LogP contribution is 2.32. The number of thiazole rings is 1. The van der Waals surface area contributed by atoms with Crippen molar-refractivity contribution in [2.24, 2.45) is 0 Å². The predicted octanol–water partition coefficient (Wildman–Crippen LogP) is 5.04. The first-order chi connectivity index (χ1) is 12.6. The number of nitrogens with zero attached hydrogens (tertiary/aromatic N) is 1. The molecule has 0 aliphatic carbocycles. The number of hydrogen-bond donors (Lipinski definition) is 1. The number of ether oxygens (including phenoxy) is 2. The van der Waals surface area contributed by atoms with Crippen LogP contribution in [0.5, 0.6) is 11.5 Å². The molecule has 3 rings (SSSR count). The second kappa shape index (κ2) is 8.51. The van der Waals surface area contributed by atoms with Gasteiger partial charge in [-0.2, -0.15) is 0 Å². The average Bonchev–Trinajstić information content (AvgIpc) is 3.03. The highest BCUT2D eigenvalue weighted by atomic mass is 79.9. The zero-order valence-corrected chi connectivity index (χ0v) is 16.9. The first kappa shape index (κ1) is 18.7. The molecule has 0 unspecified atom stereocenters. The molecular formula is C19H19BrN2O3S. The summed E-state index contributed by atoms with van der Waals surface area (Å²) in [5.41, 5.74) is 1.98. The van der Waals surface area contributed by atoms with Crippen molar-refractivity contribution in [2.75, 3.05) is 19.0 Å². The first-order valence-electron chi connectivity index (χ1n) is 8.25. The molecule has 2 aromatic carbocycles. The molecule has 5 nitrogen and oxygen atoms in total. The third kappa shape index (κ3) is 4.34. The molecule has 0 atom stereocenters. The van der Waals surface area contributed by atoms with E-state index >= 15 is 0 Å². The minimum atomic E-state index is -0.257. The minimum Gasteiger partial charge on any atom is -0.494 e. The zero-order valence-electron chi connectivity index (χ0n) is 14.5. The van der Waals surface area contributed by atoms with E-state index in [1.54, 1.807) is 7.11 Å². The van der Waals surface area contributed by atoms with Crippen molar-refractivity contribution in [3.63, 3.8) is 0 Å². The molecule has 136 valence electrons. The Kier molecular flexibility index (Phi) is 6.11. The van der Waals surface area contributed by atoms with Crippen LogP contribution in [0.3, 0.4) is 0 Å². The lowest BCUT2D eigenvalue weighted by atomic mass is 10.1. The van der Waals surface area contributed by atoms with Crippen molar-refractivity contribution < 1.29 is 14.3 Å². The molecular weight excluding hydrogens is 416 g/mol. The smallest absolute Gasteiger partial charge is 0.264 e. The lowest BCUT2D eigenvalue weighted by Gasteiger charge is -2.09. The number of hydrogen-bond acceptors (Lipinski definition) is 5. The fourth-order valence-corrected chi connectivity index (χ4v) is 3.99. The third-order valence-electron chi connectivity index (χ3n) is 3.74. The summed E-state index contributed by atoms with van der Waals surface area (Å²) in [5.74, 6) is 1.07. The number of methoxy groups -OCH3 is 1. The fourth-order valence-electron chi connectivity index (χ4n) is 2.55. The Balaban J connectivity index is 1.62. The molecule has 3 aromatic rings. The van der Waals surface area contributed by atoms with Crippen molar-refractivity contribution >= 4 is 48.5 Å². The van der Waals surface area contributed by atoms with E-state index in [0.29, 0.717) is 16.6 Å². The fraction of sp³-hybridized carbons (Fsp3) is 0.263. The Morgan fingerprint density at radius 3 is 2.85 bits per heavy atom. The van der Waals surface area contributed by atoms with Crippen LogP contribution < -0.4 is 14.8 Å². The SMILES string of the molecule is CCCc1ccc(OCC(=O)Nc2nc3c(OC)cccc3s2)c(Br)c1. The number of anilines is 1. The number of fused-ring (bicyclic) bond motifs is 1. The molecule has 26 heavy (non-hydrogen) atoms. The second-order valence-corrected chi connectivity index (χ2v) is 7.56. The van der Waals surface area contributed by atoms with E-state index in [9.17, 15) is 4.79 Å². The van der Waals surface area contributed by atoms with Crippen LogP contribution in [0.25, 0.3) is 10.2 Å². The summed E-state index contributed by atoms with van der Waals surface area (Å²) in [7, 11) is 1.60. The van der Waals surface area contributed by atoms with Crippen LogP contribution in [0.2, 0.25) is 0 Å². The summed E-state index contributed by atoms with van der Waals surface area (Å²) in [5, 5.41) is 3.30. The number of aryl methyl sites for hydroxylation is 1. The Morgan fingerprint density at radius 2 is 2.12 bits per heavy atom. The number of halogens is 1. The van der Waals surface area contributed by atoms with E-state index in [1.807, 2.05) is 36.4 Å². The van der Waals surface area contributed by atoms with Crippen molar-refractivity contribution in [1.29, 1.82) is 0 Å². The number of carbonyl (C=O) groups is 1. The van der Waals surface area contributed by atoms with Gasteiger partial charge in [0.15, 0.2) is 11.7 Å². The van der Waals surface area contributed by atoms with Crippen LogP contribution in [0.15, 0.2) is 40.9 Å². The number of nitrogens with one attached hydrogen (secondary N) is 1. The first-order valence-corrected chi connectivity index (χ1v) is 9.86. The van der Waals surface area contributed by atoms with Gasteiger partial charge in [-0.15, -0.1) is 0 Å². The van der Waals surface area contributed by atoms with Crippen LogP contribution in [0.1, 0.15) is 18.9 Å². The number of carbonyl (C=O) groups excluding carboxylic acids is 1. The van der Waals surface area contributed by atoms with Gasteiger partial charge in [0.2, 0.25) is 0 Å². The monoisotopic (exact) mass is 434 g/mol. The van der Waals surface area contributed by atoms with Crippen LogP contribution >= 0.6 is 27.3 Å². The Hall–Kier alpha value is -2.12. The van der Waals surface area contributed by atoms with Gasteiger partial charge in [0.1, 0.15) is 17.0 Å². The van der Waals surface area contributed by atoms with Crippen molar-refractivity contribution in [3.05, 3.63) is 46.4 Å². The highest BCUT2D eigenvalue weighted by Gasteiger charge is 2.12. The number of para-hydroxylation sites is 1. The number of rotatable bonds is 7. The van der Waals surface area contributed by atoms with Crippen LogP contribution in [0.4, 0.5) is 5.13 Å². The molecule has 0 saturated heterocycles. The second-order valence-electron chi connectivity index (χ2n) is 5.68. The van der Waals surface area contributed by atoms with Gasteiger partial charge in [-0.3, -0.25) is 10.1 Å². The van der Waals surface area contributed by atoms with Crippen molar-refractivity contribution in [1.82, 2.24) is 4.98 Å². The number of benzene rings is 2. The number of aromatic nitrogens is 1. The quantitative estimate of drug-likeness (QED) is 0.565. The molecule has 0 fully saturated rings. The molecule has 7 heteroatoms. The van der Waals surface area contributed by atoms with E-state index in [4.69, 9.17) is 9.47 Å². The van der Waals surface area contributed by atoms with E-state index in [0.717, 1.165) is 27.5 Å². The Labute approximate surface area is 164 Å². The van der Waals surface area contributed by atoms with Gasteiger partial charge in [0, 0.05) is 0 Å². The molecule has 1 aromatic heterocycles. The summed E-state index contributed by atoms with van der Waals surface area (Å²) in [6.07, 6.45) is 2.10. The predicted molar refractivity (Wildman–Crippen MR) is 108 cm³/mol. The maximum Gasteiger partial charge on any atom is 0.264 e. The largest absolute Gasteiger partial charge is 0.494 e. The molecule has 1 heterocycles. The minimum absolute atomic E-state index is 0.0845. The normalized spacial score (nSPS) is 10.7. The van der Waals surface area contributed by atoms with Crippen LogP contribution in [-0.4, -0.2) is 24.6 Å². The van der Waals surface area contributed by atoms with Crippen LogP contribution in [0, 0.1) is 0 Å². The van der Waals surface area contributed by atoms with Gasteiger partial charge in [0.25, 0.3) is 5.91 Å². The standard InChI is InChI=1S/C19H19BrN2O3S/c1-3-5-12-8-9-14(13(20)10-12)25-11-17(23)21-19-22-18-15(24-2)6-4-7-16(18)26-19/h4,6-10H,3,5,11H2,1-2H3,(H,21,22,23). The van der Waals surface area contributed by atoms with Gasteiger partial charge >= 0.3 is 0 Å². The van der Waals surface area contributed by atoms with Gasteiger partial charge in [0.05, 0.1) is 16.3 Å². The molecule has 0 radical (unpaired) electrons. The van der Waals surface area contributed by atoms with Crippen molar-refractivity contribution in [2.45, 2.75) is 19.8 Å². The molecule has 0 spiro atoms. The van der Waals surface area contributed by atoms with Gasteiger partial charge in [-0.05, 0) is 52.2 Å². The van der Waals surface area contributed by atoms with E-state index in [-0.39, 0.29) is 12.5 Å². The molecule has 1 N–H and O–H groups in total. The zero-order chi connectivity index (χ0) is 18.5. The maximum absolute atomic E-state index is 12.2. The molecule has 0 bridgehead atoms. The Morgan fingerprint density at radius 1 is 1.27 bits per heavy atom. The van der Waals surface area contributed by atoms with E-state index < -0.39 is 0 Å². The van der Waals surface area contributed by atoms with Crippen molar-refractivity contribution in [3.8, 4) is 11.5 Å². The summed E-state index contributed by atoms with van der Waals surface area (Å²) < 4.78 is 12.7. The van der Waals surface area contributed by atoms with Gasteiger partial charge in [-0.25, -0.2) is 4.98 Å². The van der Waals surface area contributed by atoms with Gasteiger partial charge in [-0.1, -0.05) is 36.8 Å². The highest BCUT2D eigenvalue weighted by molar-refractivity contribution is 9.10. The Bertz CT molecular complexity index is 926. The summed E-state index contributed by atoms with van der Waals surface area (Å²) in [6, 6.07) is 11.6. The molecule has 0 aliphatic heterocycles. The lowest BCUT2D eigenvalue weighted by Crippen LogP contribution is -2.20. The average molecular weight is 435 g/mol. The molecule has 0 aliphatic rings. The third-order valence-corrected chi connectivity index (χ3v) is 5.30. The molecule has 0 saturated carbocycles. The topological polar surface area (TPSA) is 60.5 Å². The summed E-state index contributed by atoms with van der Waals surface area (Å²) in [4.78, 5) is 16.6. The summed E-state index contributed by atoms with van der Waals surface area (Å²) in [6.45, 7) is 2.05.